The molecule has 4 heteroatoms. The van der Waals surface area contributed by atoms with Crippen LogP contribution in [0.2, 0.25) is 0 Å². The van der Waals surface area contributed by atoms with Gasteiger partial charge >= 0.3 is 0 Å². The van der Waals surface area contributed by atoms with Gasteiger partial charge in [0.2, 0.25) is 0 Å². The largest absolute Gasteiger partial charge is 0.508 e. The zero-order valence-electron chi connectivity index (χ0n) is 12.6. The minimum absolute atomic E-state index is 0. The normalized spacial score (nSPS) is 10.3. The summed E-state index contributed by atoms with van der Waals surface area (Å²) >= 11 is 1.62. The van der Waals surface area contributed by atoms with Gasteiger partial charge in [0.25, 0.3) is 0 Å². The molecule has 0 atom stereocenters. The first-order chi connectivity index (χ1) is 11.3. The van der Waals surface area contributed by atoms with Crippen molar-refractivity contribution in [2.24, 2.45) is 0 Å². The Kier molecular flexibility index (Phi) is 5.03. The van der Waals surface area contributed by atoms with Crippen LogP contribution in [0.3, 0.4) is 0 Å². The van der Waals surface area contributed by atoms with E-state index in [0.717, 1.165) is 32.0 Å². The molecule has 4 aromatic rings. The average molecular weight is 501 g/mol. The second-order valence-electron chi connectivity index (χ2n) is 5.14. The van der Waals surface area contributed by atoms with Crippen molar-refractivity contribution in [3.05, 3.63) is 78.9 Å². The van der Waals surface area contributed by atoms with Crippen molar-refractivity contribution in [2.75, 3.05) is 0 Å². The van der Waals surface area contributed by atoms with Crippen LogP contribution in [0.25, 0.3) is 20.5 Å². The van der Waals surface area contributed by atoms with Gasteiger partial charge < -0.3 is 9.84 Å². The Morgan fingerprint density at radius 3 is 2.42 bits per heavy atom. The van der Waals surface area contributed by atoms with E-state index in [4.69, 9.17) is 4.74 Å². The standard InChI is InChI=1S/C20H13O2S.W/c21-15-11-12-17-18(13-15)23-20(14-7-3-1-4-8-14)19(17)22-16-9-5-2-6-10-16;/h1,3-13,21H;/q-1;. The van der Waals surface area contributed by atoms with E-state index in [1.54, 1.807) is 23.5 Å². The number of thiophene rings is 1. The molecule has 0 amide bonds. The van der Waals surface area contributed by atoms with Gasteiger partial charge in [-0.3, -0.25) is 0 Å². The van der Waals surface area contributed by atoms with Crippen molar-refractivity contribution in [3.8, 4) is 27.7 Å². The first kappa shape index (κ1) is 16.8. The van der Waals surface area contributed by atoms with Gasteiger partial charge in [-0.1, -0.05) is 30.3 Å². The molecular weight excluding hydrogens is 488 g/mol. The minimum atomic E-state index is 0. The molecule has 2 nitrogen and oxygen atoms in total. The molecule has 0 aliphatic carbocycles. The van der Waals surface area contributed by atoms with Crippen LogP contribution in [0.4, 0.5) is 0 Å². The molecule has 0 saturated heterocycles. The predicted molar refractivity (Wildman–Crippen MR) is 94.3 cm³/mol. The van der Waals surface area contributed by atoms with Crippen LogP contribution in [-0.4, -0.2) is 5.11 Å². The van der Waals surface area contributed by atoms with Gasteiger partial charge in [0.1, 0.15) is 5.75 Å². The van der Waals surface area contributed by atoms with Crippen molar-refractivity contribution in [3.63, 3.8) is 0 Å². The first-order valence-electron chi connectivity index (χ1n) is 7.26. The summed E-state index contributed by atoms with van der Waals surface area (Å²) in [7, 11) is 0. The minimum Gasteiger partial charge on any atom is -0.508 e. The van der Waals surface area contributed by atoms with E-state index in [0.29, 0.717) is 0 Å². The van der Waals surface area contributed by atoms with E-state index in [1.807, 2.05) is 48.5 Å². The van der Waals surface area contributed by atoms with Crippen LogP contribution in [-0.2, 0) is 21.1 Å². The summed E-state index contributed by atoms with van der Waals surface area (Å²) in [6.45, 7) is 0. The molecule has 0 saturated carbocycles. The molecule has 0 aliphatic heterocycles. The number of rotatable bonds is 3. The number of phenols is 1. The number of benzene rings is 3. The van der Waals surface area contributed by atoms with Gasteiger partial charge in [-0.2, -0.15) is 18.2 Å². The number of fused-ring (bicyclic) bond motifs is 1. The maximum absolute atomic E-state index is 9.75. The Morgan fingerprint density at radius 2 is 1.67 bits per heavy atom. The van der Waals surface area contributed by atoms with Gasteiger partial charge in [0, 0.05) is 36.9 Å². The second kappa shape index (κ2) is 7.21. The fraction of sp³-hybridized carbons (Fsp3) is 0. The SMILES string of the molecule is Oc1ccc2c(Oc3cc[c-]cc3)c(-c3ccccc3)sc2c1.[W]. The Morgan fingerprint density at radius 1 is 0.917 bits per heavy atom. The summed E-state index contributed by atoms with van der Waals surface area (Å²) in [5.74, 6) is 1.86. The number of aromatic hydroxyl groups is 1. The number of ether oxygens (including phenoxy) is 1. The molecule has 0 unspecified atom stereocenters. The van der Waals surface area contributed by atoms with E-state index in [2.05, 4.69) is 18.2 Å². The van der Waals surface area contributed by atoms with Crippen LogP contribution >= 0.6 is 11.3 Å². The van der Waals surface area contributed by atoms with E-state index in [9.17, 15) is 5.11 Å². The van der Waals surface area contributed by atoms with Crippen molar-refractivity contribution >= 4 is 21.4 Å². The fourth-order valence-electron chi connectivity index (χ4n) is 2.50. The maximum Gasteiger partial charge on any atom is 0.150 e. The van der Waals surface area contributed by atoms with Gasteiger partial charge in [-0.25, -0.2) is 0 Å². The number of hydrogen-bond donors (Lipinski definition) is 1. The van der Waals surface area contributed by atoms with Crippen LogP contribution < -0.4 is 4.74 Å². The van der Waals surface area contributed by atoms with Crippen LogP contribution in [0.5, 0.6) is 17.2 Å². The quantitative estimate of drug-likeness (QED) is 0.357. The monoisotopic (exact) mass is 501 g/mol. The molecule has 0 aliphatic rings. The summed E-state index contributed by atoms with van der Waals surface area (Å²) in [6, 6.07) is 25.9. The van der Waals surface area contributed by atoms with Crippen LogP contribution in [0.1, 0.15) is 0 Å². The third-order valence-electron chi connectivity index (χ3n) is 3.57. The molecule has 0 fully saturated rings. The molecule has 1 N–H and O–H groups in total. The van der Waals surface area contributed by atoms with Gasteiger partial charge in [0.15, 0.2) is 5.75 Å². The summed E-state index contributed by atoms with van der Waals surface area (Å²) in [5, 5.41) is 10.8. The van der Waals surface area contributed by atoms with Crippen LogP contribution in [0, 0.1) is 6.07 Å². The van der Waals surface area contributed by atoms with E-state index in [-0.39, 0.29) is 26.8 Å². The van der Waals surface area contributed by atoms with Crippen LogP contribution in [0.15, 0.2) is 72.8 Å². The summed E-state index contributed by atoms with van der Waals surface area (Å²) in [5.41, 5.74) is 1.10. The predicted octanol–water partition coefficient (Wildman–Crippen LogP) is 5.86. The summed E-state index contributed by atoms with van der Waals surface area (Å²) in [4.78, 5) is 1.05. The molecule has 0 spiro atoms. The van der Waals surface area contributed by atoms with Crippen molar-refractivity contribution in [1.82, 2.24) is 0 Å². The molecule has 118 valence electrons. The molecular formula is C20H13O2SW-. The van der Waals surface area contributed by atoms with Crippen molar-refractivity contribution < 1.29 is 30.9 Å². The molecule has 24 heavy (non-hydrogen) atoms. The van der Waals surface area contributed by atoms with Gasteiger partial charge in [-0.15, -0.1) is 23.5 Å². The Labute approximate surface area is 158 Å². The Balaban J connectivity index is 0.00000169. The molecule has 3 aromatic carbocycles. The first-order valence-corrected chi connectivity index (χ1v) is 8.08. The Bertz CT molecular complexity index is 949. The van der Waals surface area contributed by atoms with Crippen molar-refractivity contribution in [1.29, 1.82) is 0 Å². The van der Waals surface area contributed by atoms with E-state index in [1.165, 1.54) is 0 Å². The third kappa shape index (κ3) is 3.23. The molecule has 1 aromatic heterocycles. The van der Waals surface area contributed by atoms with Gasteiger partial charge in [-0.05, 0) is 23.8 Å². The smallest absolute Gasteiger partial charge is 0.150 e. The molecule has 1 heterocycles. The number of phenolic OH excluding ortho intramolecular Hbond substituents is 1. The van der Waals surface area contributed by atoms with Crippen molar-refractivity contribution in [2.45, 2.75) is 0 Å². The average Bonchev–Trinajstić information content (AvgIpc) is 2.94. The van der Waals surface area contributed by atoms with E-state index >= 15 is 0 Å². The summed E-state index contributed by atoms with van der Waals surface area (Å²) < 4.78 is 7.17. The maximum atomic E-state index is 9.75. The fourth-order valence-corrected chi connectivity index (χ4v) is 3.67. The summed E-state index contributed by atoms with van der Waals surface area (Å²) in [6.07, 6.45) is 0. The molecule has 4 rings (SSSR count). The zero-order chi connectivity index (χ0) is 15.6. The number of hydrogen-bond acceptors (Lipinski definition) is 3. The van der Waals surface area contributed by atoms with E-state index < -0.39 is 0 Å². The Hall–Kier alpha value is -2.09. The zero-order valence-corrected chi connectivity index (χ0v) is 16.4. The molecule has 0 bridgehead atoms. The topological polar surface area (TPSA) is 29.5 Å². The molecule has 0 radical (unpaired) electrons. The van der Waals surface area contributed by atoms with Gasteiger partial charge in [0.05, 0.1) is 4.88 Å². The third-order valence-corrected chi connectivity index (χ3v) is 4.75. The second-order valence-corrected chi connectivity index (χ2v) is 6.20.